The Morgan fingerprint density at radius 1 is 1.16 bits per heavy atom. The van der Waals surface area contributed by atoms with Gasteiger partial charge in [0.25, 0.3) is 0 Å². The Labute approximate surface area is 186 Å². The second-order valence-corrected chi connectivity index (χ2v) is 6.76. The SMILES string of the molecule is C=CC(=O)N(C)c1cccc(Nc2nc(Nc3ccc(OCCOC)cc3)ncc2N)c1. The lowest BCUT2D eigenvalue weighted by atomic mass is 10.2. The highest BCUT2D eigenvalue weighted by Crippen LogP contribution is 2.26. The molecule has 0 saturated carbocycles. The molecule has 2 aromatic carbocycles. The number of ether oxygens (including phenoxy) is 2. The molecule has 1 amide bonds. The van der Waals surface area contributed by atoms with Gasteiger partial charge in [0.05, 0.1) is 18.5 Å². The van der Waals surface area contributed by atoms with E-state index in [-0.39, 0.29) is 5.91 Å². The van der Waals surface area contributed by atoms with E-state index in [2.05, 4.69) is 27.2 Å². The Morgan fingerprint density at radius 3 is 2.66 bits per heavy atom. The summed E-state index contributed by atoms with van der Waals surface area (Å²) in [7, 11) is 3.31. The number of carbonyl (C=O) groups excluding carboxylic acids is 1. The smallest absolute Gasteiger partial charge is 0.250 e. The van der Waals surface area contributed by atoms with Crippen molar-refractivity contribution in [1.29, 1.82) is 0 Å². The van der Waals surface area contributed by atoms with Gasteiger partial charge in [0.15, 0.2) is 5.82 Å². The molecule has 0 saturated heterocycles. The molecule has 0 aliphatic rings. The first-order chi connectivity index (χ1) is 15.5. The number of hydrogen-bond donors (Lipinski definition) is 3. The topological polar surface area (TPSA) is 115 Å². The largest absolute Gasteiger partial charge is 0.491 e. The fraction of sp³-hybridized carbons (Fsp3) is 0.174. The maximum atomic E-state index is 11.9. The molecule has 3 rings (SSSR count). The number of nitrogen functional groups attached to an aromatic ring is 1. The van der Waals surface area contributed by atoms with Crippen LogP contribution in [0.5, 0.6) is 5.75 Å². The summed E-state index contributed by atoms with van der Waals surface area (Å²) >= 11 is 0. The van der Waals surface area contributed by atoms with Crippen molar-refractivity contribution in [2.45, 2.75) is 0 Å². The minimum atomic E-state index is -0.203. The summed E-state index contributed by atoms with van der Waals surface area (Å²) in [5.74, 6) is 1.36. The zero-order valence-electron chi connectivity index (χ0n) is 18.0. The average molecular weight is 435 g/mol. The molecule has 1 aromatic heterocycles. The quantitative estimate of drug-likeness (QED) is 0.327. The first-order valence-corrected chi connectivity index (χ1v) is 9.88. The number of aromatic nitrogens is 2. The third-order valence-corrected chi connectivity index (χ3v) is 4.49. The minimum absolute atomic E-state index is 0.203. The second-order valence-electron chi connectivity index (χ2n) is 6.76. The third kappa shape index (κ3) is 5.96. The highest BCUT2D eigenvalue weighted by Gasteiger charge is 2.10. The van der Waals surface area contributed by atoms with Gasteiger partial charge in [-0.2, -0.15) is 4.98 Å². The van der Waals surface area contributed by atoms with Crippen molar-refractivity contribution in [1.82, 2.24) is 9.97 Å². The summed E-state index contributed by atoms with van der Waals surface area (Å²) in [4.78, 5) is 22.1. The van der Waals surface area contributed by atoms with Crippen LogP contribution in [-0.4, -0.2) is 43.2 Å². The van der Waals surface area contributed by atoms with Crippen molar-refractivity contribution >= 4 is 40.4 Å². The zero-order chi connectivity index (χ0) is 22.9. The van der Waals surface area contributed by atoms with Crippen molar-refractivity contribution in [2.75, 3.05) is 48.6 Å². The van der Waals surface area contributed by atoms with E-state index in [4.69, 9.17) is 15.2 Å². The van der Waals surface area contributed by atoms with Crippen LogP contribution in [0.15, 0.2) is 67.4 Å². The van der Waals surface area contributed by atoms with Crippen LogP contribution in [-0.2, 0) is 9.53 Å². The molecule has 32 heavy (non-hydrogen) atoms. The van der Waals surface area contributed by atoms with Crippen LogP contribution in [0.1, 0.15) is 0 Å². The van der Waals surface area contributed by atoms with E-state index in [0.717, 1.165) is 17.1 Å². The molecule has 0 bridgehead atoms. The summed E-state index contributed by atoms with van der Waals surface area (Å²) in [5.41, 5.74) is 8.67. The number of anilines is 6. The van der Waals surface area contributed by atoms with Gasteiger partial charge < -0.3 is 30.7 Å². The van der Waals surface area contributed by atoms with Crippen LogP contribution >= 0.6 is 0 Å². The van der Waals surface area contributed by atoms with Gasteiger partial charge >= 0.3 is 0 Å². The highest BCUT2D eigenvalue weighted by molar-refractivity contribution is 6.00. The predicted molar refractivity (Wildman–Crippen MR) is 127 cm³/mol. The molecule has 0 radical (unpaired) electrons. The van der Waals surface area contributed by atoms with E-state index < -0.39 is 0 Å². The third-order valence-electron chi connectivity index (χ3n) is 4.49. The van der Waals surface area contributed by atoms with Gasteiger partial charge in [0.2, 0.25) is 11.9 Å². The maximum absolute atomic E-state index is 11.9. The molecule has 9 heteroatoms. The molecule has 0 aliphatic heterocycles. The number of methoxy groups -OCH3 is 1. The number of nitrogens with one attached hydrogen (secondary N) is 2. The number of nitrogens with zero attached hydrogens (tertiary/aromatic N) is 3. The molecule has 3 aromatic rings. The molecule has 0 aliphatic carbocycles. The molecule has 9 nitrogen and oxygen atoms in total. The Balaban J connectivity index is 1.71. The monoisotopic (exact) mass is 434 g/mol. The molecular weight excluding hydrogens is 408 g/mol. The average Bonchev–Trinajstić information content (AvgIpc) is 2.81. The Bertz CT molecular complexity index is 1070. The van der Waals surface area contributed by atoms with Crippen molar-refractivity contribution in [3.63, 3.8) is 0 Å². The number of benzene rings is 2. The fourth-order valence-electron chi connectivity index (χ4n) is 2.75. The molecule has 0 atom stereocenters. The van der Waals surface area contributed by atoms with E-state index in [9.17, 15) is 4.79 Å². The number of rotatable bonds is 10. The number of amides is 1. The lowest BCUT2D eigenvalue weighted by Gasteiger charge is -2.17. The standard InChI is InChI=1S/C23H26N6O3/c1-4-21(30)29(2)18-7-5-6-17(14-18)26-22-20(24)15-25-23(28-22)27-16-8-10-19(11-9-16)32-13-12-31-3/h4-11,14-15H,1,12-13,24H2,2-3H3,(H2,25,26,27,28). The van der Waals surface area contributed by atoms with Crippen LogP contribution in [0.4, 0.5) is 34.5 Å². The summed E-state index contributed by atoms with van der Waals surface area (Å²) in [6, 6.07) is 14.8. The molecule has 1 heterocycles. The van der Waals surface area contributed by atoms with Gasteiger partial charge in [-0.15, -0.1) is 0 Å². The molecule has 0 fully saturated rings. The normalized spacial score (nSPS) is 10.3. The minimum Gasteiger partial charge on any atom is -0.491 e. The molecule has 166 valence electrons. The molecule has 0 spiro atoms. The van der Waals surface area contributed by atoms with E-state index in [1.165, 1.54) is 17.2 Å². The van der Waals surface area contributed by atoms with Gasteiger partial charge in [-0.3, -0.25) is 4.79 Å². The Morgan fingerprint density at radius 2 is 1.94 bits per heavy atom. The molecule has 4 N–H and O–H groups in total. The fourth-order valence-corrected chi connectivity index (χ4v) is 2.75. The number of hydrogen-bond acceptors (Lipinski definition) is 8. The van der Waals surface area contributed by atoms with Gasteiger partial charge in [-0.05, 0) is 48.5 Å². The summed E-state index contributed by atoms with van der Waals surface area (Å²) in [6.45, 7) is 4.53. The van der Waals surface area contributed by atoms with Crippen LogP contribution in [0.3, 0.4) is 0 Å². The highest BCUT2D eigenvalue weighted by atomic mass is 16.5. The zero-order valence-corrected chi connectivity index (χ0v) is 18.0. The summed E-state index contributed by atoms with van der Waals surface area (Å²) in [6.07, 6.45) is 2.79. The lowest BCUT2D eigenvalue weighted by molar-refractivity contribution is -0.113. The van der Waals surface area contributed by atoms with Crippen molar-refractivity contribution in [2.24, 2.45) is 0 Å². The van der Waals surface area contributed by atoms with Gasteiger partial charge in [0, 0.05) is 31.2 Å². The molecule has 0 unspecified atom stereocenters. The summed E-state index contributed by atoms with van der Waals surface area (Å²) in [5, 5.41) is 6.32. The van der Waals surface area contributed by atoms with Crippen LogP contribution < -0.4 is 26.0 Å². The van der Waals surface area contributed by atoms with Gasteiger partial charge in [0.1, 0.15) is 12.4 Å². The van der Waals surface area contributed by atoms with Crippen LogP contribution in [0, 0.1) is 0 Å². The van der Waals surface area contributed by atoms with Crippen LogP contribution in [0.25, 0.3) is 0 Å². The number of carbonyl (C=O) groups is 1. The van der Waals surface area contributed by atoms with Gasteiger partial charge in [-0.25, -0.2) is 4.98 Å². The van der Waals surface area contributed by atoms with Crippen LogP contribution in [0.2, 0.25) is 0 Å². The van der Waals surface area contributed by atoms with Gasteiger partial charge in [-0.1, -0.05) is 12.6 Å². The van der Waals surface area contributed by atoms with E-state index in [1.54, 1.807) is 14.2 Å². The predicted octanol–water partition coefficient (Wildman–Crippen LogP) is 3.72. The maximum Gasteiger partial charge on any atom is 0.250 e. The van der Waals surface area contributed by atoms with E-state index >= 15 is 0 Å². The second kappa shape index (κ2) is 10.8. The Kier molecular flexibility index (Phi) is 7.60. The van der Waals surface area contributed by atoms with E-state index in [1.807, 2.05) is 48.5 Å². The van der Waals surface area contributed by atoms with Crippen molar-refractivity contribution in [3.8, 4) is 5.75 Å². The van der Waals surface area contributed by atoms with E-state index in [0.29, 0.717) is 36.4 Å². The number of nitrogens with two attached hydrogens (primary N) is 1. The first kappa shape index (κ1) is 22.6. The number of likely N-dealkylation sites (N-methyl/N-ethyl adjacent to an activating group) is 1. The lowest BCUT2D eigenvalue weighted by Crippen LogP contribution is -2.23. The van der Waals surface area contributed by atoms with Crippen molar-refractivity contribution in [3.05, 3.63) is 67.4 Å². The Hall–Kier alpha value is -4.11. The first-order valence-electron chi connectivity index (χ1n) is 9.88. The summed E-state index contributed by atoms with van der Waals surface area (Å²) < 4.78 is 10.5. The van der Waals surface area contributed by atoms with Crippen molar-refractivity contribution < 1.29 is 14.3 Å². The molecular formula is C23H26N6O3.